The summed E-state index contributed by atoms with van der Waals surface area (Å²) in [6.45, 7) is 10.9. The second kappa shape index (κ2) is 24.6. The van der Waals surface area contributed by atoms with Crippen molar-refractivity contribution in [2.75, 3.05) is 46.1 Å². The molecule has 0 atom stereocenters. The van der Waals surface area contributed by atoms with Gasteiger partial charge in [-0.25, -0.2) is 0 Å². The van der Waals surface area contributed by atoms with Crippen LogP contribution in [0.15, 0.2) is 0 Å². The average Bonchev–Trinajstić information content (AvgIpc) is 2.71. The summed E-state index contributed by atoms with van der Waals surface area (Å²) in [5.74, 6) is 0. The molecule has 0 aromatic carbocycles. The van der Waals surface area contributed by atoms with Crippen molar-refractivity contribution in [1.29, 1.82) is 0 Å². The largest absolute Gasteiger partial charge is 0.379 e. The highest BCUT2D eigenvalue weighted by molar-refractivity contribution is 5.48. The maximum Gasteiger partial charge on any atom is 0.119 e. The lowest BCUT2D eigenvalue weighted by atomic mass is 10.0. The maximum atomic E-state index is 10.2. The first-order chi connectivity index (χ1) is 13.8. The Bertz CT molecular complexity index is 300. The highest BCUT2D eigenvalue weighted by atomic mass is 16.5. The third-order valence-corrected chi connectivity index (χ3v) is 5.27. The zero-order valence-corrected chi connectivity index (χ0v) is 19.1. The van der Waals surface area contributed by atoms with Crippen LogP contribution in [0.25, 0.3) is 0 Å². The lowest BCUT2D eigenvalue weighted by Gasteiger charge is -2.19. The van der Waals surface area contributed by atoms with Gasteiger partial charge in [0.05, 0.1) is 19.8 Å². The van der Waals surface area contributed by atoms with E-state index in [1.54, 1.807) is 0 Å². The lowest BCUT2D eigenvalue weighted by Crippen LogP contribution is -2.28. The number of carbonyl (C=O) groups excluding carboxylic acids is 1. The monoisotopic (exact) mass is 399 g/mol. The molecule has 0 N–H and O–H groups in total. The molecule has 28 heavy (non-hydrogen) atoms. The van der Waals surface area contributed by atoms with E-state index in [0.29, 0.717) is 0 Å². The molecular formula is C24H49NO3. The third-order valence-electron chi connectivity index (χ3n) is 5.27. The van der Waals surface area contributed by atoms with Crippen molar-refractivity contribution in [1.82, 2.24) is 4.90 Å². The molecule has 0 heterocycles. The molecule has 0 aliphatic heterocycles. The number of aldehydes is 1. The van der Waals surface area contributed by atoms with Gasteiger partial charge >= 0.3 is 0 Å². The summed E-state index contributed by atoms with van der Waals surface area (Å²) in [5, 5.41) is 0. The summed E-state index contributed by atoms with van der Waals surface area (Å²) in [4.78, 5) is 12.6. The molecule has 0 radical (unpaired) electrons. The summed E-state index contributed by atoms with van der Waals surface area (Å²) in [5.41, 5.74) is 0. The van der Waals surface area contributed by atoms with Crippen molar-refractivity contribution in [3.63, 3.8) is 0 Å². The van der Waals surface area contributed by atoms with Gasteiger partial charge in [-0.15, -0.1) is 0 Å². The molecule has 0 rings (SSSR count). The van der Waals surface area contributed by atoms with E-state index in [1.807, 2.05) is 0 Å². The van der Waals surface area contributed by atoms with E-state index >= 15 is 0 Å². The van der Waals surface area contributed by atoms with E-state index in [4.69, 9.17) is 9.47 Å². The highest BCUT2D eigenvalue weighted by Crippen LogP contribution is 2.12. The Morgan fingerprint density at radius 1 is 0.607 bits per heavy atom. The fourth-order valence-electron chi connectivity index (χ4n) is 3.46. The Morgan fingerprint density at radius 2 is 1.11 bits per heavy atom. The van der Waals surface area contributed by atoms with Gasteiger partial charge in [0.15, 0.2) is 0 Å². The summed E-state index contributed by atoms with van der Waals surface area (Å²) in [6, 6.07) is 0. The molecule has 0 spiro atoms. The summed E-state index contributed by atoms with van der Waals surface area (Å²) in [6.07, 6.45) is 18.6. The van der Waals surface area contributed by atoms with E-state index < -0.39 is 0 Å². The van der Waals surface area contributed by atoms with Crippen LogP contribution in [0, 0.1) is 0 Å². The van der Waals surface area contributed by atoms with Crippen LogP contribution in [-0.4, -0.2) is 57.2 Å². The molecule has 0 unspecified atom stereocenters. The topological polar surface area (TPSA) is 38.8 Å². The van der Waals surface area contributed by atoms with Crippen molar-refractivity contribution in [2.45, 2.75) is 104 Å². The number of hydrogen-bond acceptors (Lipinski definition) is 4. The van der Waals surface area contributed by atoms with Gasteiger partial charge in [0.2, 0.25) is 0 Å². The lowest BCUT2D eigenvalue weighted by molar-refractivity contribution is -0.107. The Kier molecular flexibility index (Phi) is 24.2. The van der Waals surface area contributed by atoms with Gasteiger partial charge in [-0.2, -0.15) is 0 Å². The Hall–Kier alpha value is -0.450. The van der Waals surface area contributed by atoms with Gasteiger partial charge < -0.3 is 19.2 Å². The molecule has 0 bridgehead atoms. The molecule has 0 saturated heterocycles. The Balaban J connectivity index is 3.07. The Morgan fingerprint density at radius 3 is 1.61 bits per heavy atom. The van der Waals surface area contributed by atoms with Crippen molar-refractivity contribution >= 4 is 6.29 Å². The molecule has 168 valence electrons. The normalized spacial score (nSPS) is 11.4. The van der Waals surface area contributed by atoms with Crippen LogP contribution in [0.5, 0.6) is 0 Å². The van der Waals surface area contributed by atoms with E-state index in [-0.39, 0.29) is 0 Å². The zero-order chi connectivity index (χ0) is 20.5. The Labute approximate surface area is 175 Å². The number of ether oxygens (including phenoxy) is 2. The first-order valence-electron chi connectivity index (χ1n) is 12.2. The van der Waals surface area contributed by atoms with Gasteiger partial charge in [0.1, 0.15) is 6.29 Å². The second-order valence-corrected chi connectivity index (χ2v) is 7.86. The fourth-order valence-corrected chi connectivity index (χ4v) is 3.46. The number of likely N-dealkylation sites (N-methyl/N-ethyl adjacent to an activating group) is 1. The summed E-state index contributed by atoms with van der Waals surface area (Å²) in [7, 11) is 0. The minimum absolute atomic E-state index is 0.723. The predicted octanol–water partition coefficient (Wildman–Crippen LogP) is 6.02. The fraction of sp³-hybridized carbons (Fsp3) is 0.958. The second-order valence-electron chi connectivity index (χ2n) is 7.86. The number of nitrogens with zero attached hydrogens (tertiary/aromatic N) is 1. The molecular weight excluding hydrogens is 350 g/mol. The molecule has 0 aliphatic rings. The minimum Gasteiger partial charge on any atom is -0.379 e. The molecule has 0 aromatic rings. The third kappa shape index (κ3) is 21.8. The molecule has 4 nitrogen and oxygen atoms in total. The van der Waals surface area contributed by atoms with Crippen LogP contribution in [0.3, 0.4) is 0 Å². The zero-order valence-electron chi connectivity index (χ0n) is 19.1. The summed E-state index contributed by atoms with van der Waals surface area (Å²) < 4.78 is 11.3. The standard InChI is InChI=1S/C24H49NO3/c1-3-18-25(4-2)19-22-28-24-23-27-21-17-15-13-11-9-7-5-6-8-10-12-14-16-20-26/h20H,3-19,21-24H2,1-2H3. The van der Waals surface area contributed by atoms with E-state index in [9.17, 15) is 4.79 Å². The highest BCUT2D eigenvalue weighted by Gasteiger charge is 2.00. The van der Waals surface area contributed by atoms with Gasteiger partial charge in [-0.3, -0.25) is 0 Å². The number of unbranched alkanes of at least 4 members (excludes halogenated alkanes) is 12. The maximum absolute atomic E-state index is 10.2. The van der Waals surface area contributed by atoms with Crippen LogP contribution in [0.2, 0.25) is 0 Å². The molecule has 0 aromatic heterocycles. The summed E-state index contributed by atoms with van der Waals surface area (Å²) >= 11 is 0. The van der Waals surface area contributed by atoms with Crippen molar-refractivity contribution in [2.24, 2.45) is 0 Å². The quantitative estimate of drug-likeness (QED) is 0.147. The van der Waals surface area contributed by atoms with Crippen LogP contribution in [0.1, 0.15) is 104 Å². The average molecular weight is 400 g/mol. The van der Waals surface area contributed by atoms with Crippen LogP contribution in [-0.2, 0) is 14.3 Å². The van der Waals surface area contributed by atoms with Crippen LogP contribution < -0.4 is 0 Å². The number of carbonyl (C=O) groups is 1. The van der Waals surface area contributed by atoms with Crippen molar-refractivity contribution < 1.29 is 14.3 Å². The minimum atomic E-state index is 0.723. The van der Waals surface area contributed by atoms with Gasteiger partial charge in [0.25, 0.3) is 0 Å². The molecule has 4 heteroatoms. The first kappa shape index (κ1) is 27.5. The van der Waals surface area contributed by atoms with Gasteiger partial charge in [0, 0.05) is 19.6 Å². The van der Waals surface area contributed by atoms with E-state index in [2.05, 4.69) is 18.7 Å². The molecule has 0 amide bonds. The smallest absolute Gasteiger partial charge is 0.119 e. The molecule has 0 aliphatic carbocycles. The van der Waals surface area contributed by atoms with Gasteiger partial charge in [-0.05, 0) is 32.4 Å². The van der Waals surface area contributed by atoms with Crippen LogP contribution >= 0.6 is 0 Å². The first-order valence-corrected chi connectivity index (χ1v) is 12.2. The van der Waals surface area contributed by atoms with Crippen molar-refractivity contribution in [3.8, 4) is 0 Å². The van der Waals surface area contributed by atoms with Crippen molar-refractivity contribution in [3.05, 3.63) is 0 Å². The number of hydrogen-bond donors (Lipinski definition) is 0. The molecule has 0 saturated carbocycles. The van der Waals surface area contributed by atoms with Crippen LogP contribution in [0.4, 0.5) is 0 Å². The SMILES string of the molecule is CCCN(CC)CCOCCOCCCCCCCCCCCCCCC=O. The predicted molar refractivity (Wildman–Crippen MR) is 120 cm³/mol. The van der Waals surface area contributed by atoms with Gasteiger partial charge in [-0.1, -0.05) is 78.1 Å². The number of rotatable bonds is 24. The molecule has 0 fully saturated rings. The van der Waals surface area contributed by atoms with E-state index in [1.165, 1.54) is 83.6 Å². The van der Waals surface area contributed by atoms with E-state index in [0.717, 1.165) is 58.6 Å².